The predicted molar refractivity (Wildman–Crippen MR) is 104 cm³/mol. The number of nitrogens with zero attached hydrogens (tertiary/aromatic N) is 3. The molecule has 0 aliphatic heterocycles. The third-order valence-corrected chi connectivity index (χ3v) is 4.71. The van der Waals surface area contributed by atoms with Gasteiger partial charge in [0.15, 0.2) is 11.7 Å². The molecule has 3 N–H and O–H groups in total. The third kappa shape index (κ3) is 5.85. The minimum atomic E-state index is -0.209. The van der Waals surface area contributed by atoms with Gasteiger partial charge in [0.05, 0.1) is 12.8 Å². The number of rotatable bonds is 8. The number of furan rings is 1. The van der Waals surface area contributed by atoms with Crippen molar-refractivity contribution in [2.75, 3.05) is 19.3 Å². The number of nitrogens with one attached hydrogen (secondary N) is 3. The van der Waals surface area contributed by atoms with Gasteiger partial charge >= 0.3 is 0 Å². The van der Waals surface area contributed by atoms with E-state index in [1.807, 2.05) is 6.07 Å². The van der Waals surface area contributed by atoms with Crippen molar-refractivity contribution in [1.29, 1.82) is 0 Å². The van der Waals surface area contributed by atoms with Crippen LogP contribution >= 0.6 is 11.8 Å². The highest BCUT2D eigenvalue weighted by molar-refractivity contribution is 7.99. The zero-order valence-electron chi connectivity index (χ0n) is 14.9. The topological polar surface area (TPSA) is 91.1 Å². The molecular formula is C18H21FN6OS. The summed E-state index contributed by atoms with van der Waals surface area (Å²) < 4.78 is 18.1. The van der Waals surface area contributed by atoms with Crippen molar-refractivity contribution >= 4 is 17.7 Å². The lowest BCUT2D eigenvalue weighted by Gasteiger charge is -2.10. The molecule has 0 fully saturated rings. The highest BCUT2D eigenvalue weighted by Crippen LogP contribution is 2.18. The molecule has 27 heavy (non-hydrogen) atoms. The van der Waals surface area contributed by atoms with Crippen LogP contribution in [0.5, 0.6) is 0 Å². The highest BCUT2D eigenvalue weighted by atomic mass is 32.2. The van der Waals surface area contributed by atoms with Gasteiger partial charge in [-0.2, -0.15) is 0 Å². The molecule has 0 atom stereocenters. The molecule has 0 saturated heterocycles. The van der Waals surface area contributed by atoms with Crippen molar-refractivity contribution in [2.45, 2.75) is 17.9 Å². The van der Waals surface area contributed by atoms with Gasteiger partial charge in [0.25, 0.3) is 0 Å². The lowest BCUT2D eigenvalue weighted by Crippen LogP contribution is -2.37. The van der Waals surface area contributed by atoms with Crippen LogP contribution in [0.25, 0.3) is 11.6 Å². The quantitative estimate of drug-likeness (QED) is 0.238. The Bertz CT molecular complexity index is 847. The summed E-state index contributed by atoms with van der Waals surface area (Å²) in [6, 6.07) is 10.2. The first-order chi connectivity index (χ1) is 13.2. The summed E-state index contributed by atoms with van der Waals surface area (Å²) in [5, 5.41) is 13.4. The average molecular weight is 388 g/mol. The molecule has 0 spiro atoms. The number of hydrogen-bond donors (Lipinski definition) is 3. The fourth-order valence-electron chi connectivity index (χ4n) is 2.28. The van der Waals surface area contributed by atoms with E-state index in [1.54, 1.807) is 43.3 Å². The third-order valence-electron chi connectivity index (χ3n) is 3.62. The summed E-state index contributed by atoms with van der Waals surface area (Å²) in [4.78, 5) is 9.63. The van der Waals surface area contributed by atoms with Crippen LogP contribution in [0.2, 0.25) is 0 Å². The fourth-order valence-corrected chi connectivity index (χ4v) is 3.13. The van der Waals surface area contributed by atoms with Gasteiger partial charge in [0.2, 0.25) is 5.82 Å². The molecule has 0 unspecified atom stereocenters. The van der Waals surface area contributed by atoms with Crippen LogP contribution in [0.15, 0.2) is 57.0 Å². The maximum atomic E-state index is 12.9. The summed E-state index contributed by atoms with van der Waals surface area (Å²) >= 11 is 1.70. The molecule has 3 rings (SSSR count). The van der Waals surface area contributed by atoms with E-state index in [0.717, 1.165) is 23.6 Å². The SMILES string of the molecule is CN=C(NCCCSc1ccc(F)cc1)NCc1nc(-c2ccco2)n[nH]1. The van der Waals surface area contributed by atoms with Crippen LogP contribution in [-0.4, -0.2) is 40.5 Å². The summed E-state index contributed by atoms with van der Waals surface area (Å²) in [7, 11) is 1.72. The van der Waals surface area contributed by atoms with Crippen LogP contribution in [0, 0.1) is 5.82 Å². The number of benzene rings is 1. The van der Waals surface area contributed by atoms with E-state index in [1.165, 1.54) is 12.1 Å². The number of thioether (sulfide) groups is 1. The summed E-state index contributed by atoms with van der Waals surface area (Å²) in [5.41, 5.74) is 0. The molecule has 2 heterocycles. The van der Waals surface area contributed by atoms with Gasteiger partial charge in [-0.1, -0.05) is 0 Å². The average Bonchev–Trinajstić information content (AvgIpc) is 3.37. The fraction of sp³-hybridized carbons (Fsp3) is 0.278. The van der Waals surface area contributed by atoms with E-state index >= 15 is 0 Å². The van der Waals surface area contributed by atoms with Crippen molar-refractivity contribution in [3.63, 3.8) is 0 Å². The van der Waals surface area contributed by atoms with E-state index < -0.39 is 0 Å². The second kappa shape index (κ2) is 9.77. The standard InChI is InChI=1S/C18H21FN6OS/c1-20-18(21-9-3-11-27-14-7-5-13(19)6-8-14)22-12-16-23-17(25-24-16)15-4-2-10-26-15/h2,4-8,10H,3,9,11-12H2,1H3,(H2,20,21,22)(H,23,24,25). The Hall–Kier alpha value is -2.81. The van der Waals surface area contributed by atoms with Gasteiger partial charge in [-0.15, -0.1) is 16.9 Å². The second-order valence-corrected chi connectivity index (χ2v) is 6.76. The Morgan fingerprint density at radius 1 is 1.26 bits per heavy atom. The van der Waals surface area contributed by atoms with Crippen molar-refractivity contribution in [1.82, 2.24) is 25.8 Å². The number of H-pyrrole nitrogens is 1. The molecule has 0 amide bonds. The monoisotopic (exact) mass is 388 g/mol. The Kier molecular flexibility index (Phi) is 6.86. The molecule has 0 aliphatic carbocycles. The van der Waals surface area contributed by atoms with Gasteiger partial charge in [-0.05, 0) is 48.6 Å². The first-order valence-corrected chi connectivity index (χ1v) is 9.51. The molecule has 2 aromatic heterocycles. The molecule has 7 nitrogen and oxygen atoms in total. The molecule has 1 aromatic carbocycles. The van der Waals surface area contributed by atoms with Crippen molar-refractivity contribution in [3.05, 3.63) is 54.3 Å². The molecule has 0 radical (unpaired) electrons. The molecular weight excluding hydrogens is 367 g/mol. The number of hydrogen-bond acceptors (Lipinski definition) is 5. The molecule has 142 valence electrons. The summed E-state index contributed by atoms with van der Waals surface area (Å²) in [6.07, 6.45) is 2.54. The van der Waals surface area contributed by atoms with Crippen molar-refractivity contribution in [3.8, 4) is 11.6 Å². The van der Waals surface area contributed by atoms with E-state index in [4.69, 9.17) is 4.42 Å². The molecule has 0 saturated carbocycles. The Morgan fingerprint density at radius 2 is 2.11 bits per heavy atom. The minimum absolute atomic E-state index is 0.209. The van der Waals surface area contributed by atoms with E-state index in [0.29, 0.717) is 29.9 Å². The predicted octanol–water partition coefficient (Wildman–Crippen LogP) is 3.05. The summed E-state index contributed by atoms with van der Waals surface area (Å²) in [6.45, 7) is 1.25. The maximum Gasteiger partial charge on any atom is 0.216 e. The number of aromatic amines is 1. The van der Waals surface area contributed by atoms with E-state index in [9.17, 15) is 4.39 Å². The van der Waals surface area contributed by atoms with Gasteiger partial charge in [0.1, 0.15) is 11.6 Å². The van der Waals surface area contributed by atoms with Crippen LogP contribution in [0.3, 0.4) is 0 Å². The molecule has 3 aromatic rings. The normalized spacial score (nSPS) is 11.6. The van der Waals surface area contributed by atoms with Gasteiger partial charge < -0.3 is 15.1 Å². The Balaban J connectivity index is 1.35. The second-order valence-electron chi connectivity index (χ2n) is 5.59. The van der Waals surface area contributed by atoms with Crippen LogP contribution in [0.4, 0.5) is 4.39 Å². The van der Waals surface area contributed by atoms with Crippen LogP contribution < -0.4 is 10.6 Å². The number of guanidine groups is 1. The molecule has 0 aliphatic rings. The first kappa shape index (κ1) is 19.0. The van der Waals surface area contributed by atoms with Crippen molar-refractivity contribution < 1.29 is 8.81 Å². The highest BCUT2D eigenvalue weighted by Gasteiger charge is 2.08. The number of halogens is 1. The van der Waals surface area contributed by atoms with Gasteiger partial charge in [-0.3, -0.25) is 10.1 Å². The minimum Gasteiger partial charge on any atom is -0.461 e. The molecule has 0 bridgehead atoms. The van der Waals surface area contributed by atoms with Gasteiger partial charge in [0, 0.05) is 18.5 Å². The number of aliphatic imine (C=N–C) groups is 1. The lowest BCUT2D eigenvalue weighted by molar-refractivity contribution is 0.577. The van der Waals surface area contributed by atoms with E-state index in [-0.39, 0.29) is 5.82 Å². The smallest absolute Gasteiger partial charge is 0.216 e. The van der Waals surface area contributed by atoms with Gasteiger partial charge in [-0.25, -0.2) is 9.37 Å². The van der Waals surface area contributed by atoms with Crippen LogP contribution in [-0.2, 0) is 6.54 Å². The maximum absolute atomic E-state index is 12.9. The zero-order valence-corrected chi connectivity index (χ0v) is 15.7. The Labute approximate surface area is 160 Å². The summed E-state index contributed by atoms with van der Waals surface area (Å²) in [5.74, 6) is 3.26. The van der Waals surface area contributed by atoms with E-state index in [2.05, 4.69) is 30.8 Å². The lowest BCUT2D eigenvalue weighted by atomic mass is 10.4. The Morgan fingerprint density at radius 3 is 2.85 bits per heavy atom. The van der Waals surface area contributed by atoms with Crippen molar-refractivity contribution in [2.24, 2.45) is 4.99 Å². The largest absolute Gasteiger partial charge is 0.461 e. The molecule has 9 heteroatoms. The zero-order chi connectivity index (χ0) is 18.9. The first-order valence-electron chi connectivity index (χ1n) is 8.52. The van der Waals surface area contributed by atoms with Crippen LogP contribution in [0.1, 0.15) is 12.2 Å². The number of aromatic nitrogens is 3.